The van der Waals surface area contributed by atoms with Crippen molar-refractivity contribution in [3.05, 3.63) is 83.4 Å². The Kier molecular flexibility index (Phi) is 5.67. The predicted molar refractivity (Wildman–Crippen MR) is 127 cm³/mol. The smallest absolute Gasteiger partial charge is 0.341 e. The number of carbonyl (C=O) groups excluding carboxylic acids is 1. The van der Waals surface area contributed by atoms with Crippen molar-refractivity contribution in [2.75, 3.05) is 18.4 Å². The van der Waals surface area contributed by atoms with Crippen LogP contribution < -0.4 is 5.32 Å². The molecule has 0 spiro atoms. The molecule has 1 fully saturated rings. The molecule has 1 aliphatic heterocycles. The molecule has 0 atom stereocenters. The minimum absolute atomic E-state index is 0.0337. The van der Waals surface area contributed by atoms with Gasteiger partial charge in [0.25, 0.3) is 5.91 Å². The van der Waals surface area contributed by atoms with E-state index in [1.54, 1.807) is 12.3 Å². The van der Waals surface area contributed by atoms with Gasteiger partial charge in [0, 0.05) is 25.5 Å². The molecule has 9 heteroatoms. The number of aromatic nitrogens is 4. The van der Waals surface area contributed by atoms with Crippen LogP contribution in [-0.2, 0) is 0 Å². The zero-order chi connectivity index (χ0) is 23.7. The summed E-state index contributed by atoms with van der Waals surface area (Å²) in [5.41, 5.74) is 3.18. The quantitative estimate of drug-likeness (QED) is 0.468. The van der Waals surface area contributed by atoms with E-state index in [1.807, 2.05) is 36.1 Å². The van der Waals surface area contributed by atoms with Crippen molar-refractivity contribution in [1.82, 2.24) is 24.5 Å². The number of aryl methyl sites for hydroxylation is 1. The van der Waals surface area contributed by atoms with Gasteiger partial charge in [-0.1, -0.05) is 30.3 Å². The summed E-state index contributed by atoms with van der Waals surface area (Å²) in [5, 5.41) is 17.0. The van der Waals surface area contributed by atoms with Crippen molar-refractivity contribution in [2.24, 2.45) is 0 Å². The summed E-state index contributed by atoms with van der Waals surface area (Å²) in [7, 11) is 0. The van der Waals surface area contributed by atoms with Gasteiger partial charge in [-0.3, -0.25) is 9.78 Å². The number of aromatic carboxylic acids is 1. The molecular formula is C25H24N6O3. The summed E-state index contributed by atoms with van der Waals surface area (Å²) in [6, 6.07) is 14.0. The topological polar surface area (TPSA) is 113 Å². The lowest BCUT2D eigenvalue weighted by Crippen LogP contribution is -2.38. The van der Waals surface area contributed by atoms with Gasteiger partial charge in [0.15, 0.2) is 5.65 Å². The Balaban J connectivity index is 1.48. The fraction of sp³-hybridized carbons (Fsp3) is 0.240. The number of nitrogens with zero attached hydrogens (tertiary/aromatic N) is 5. The number of anilines is 2. The second-order valence-corrected chi connectivity index (χ2v) is 8.36. The highest BCUT2D eigenvalue weighted by molar-refractivity contribution is 6.01. The first-order valence-corrected chi connectivity index (χ1v) is 11.2. The lowest BCUT2D eigenvalue weighted by molar-refractivity contribution is 0.0695. The Morgan fingerprint density at radius 2 is 1.76 bits per heavy atom. The van der Waals surface area contributed by atoms with Crippen LogP contribution in [0.3, 0.4) is 0 Å². The molecule has 0 aliphatic carbocycles. The molecule has 1 amide bonds. The fourth-order valence-electron chi connectivity index (χ4n) is 4.41. The number of nitrogens with one attached hydrogen (secondary N) is 1. The van der Waals surface area contributed by atoms with Gasteiger partial charge in [-0.05, 0) is 43.4 Å². The maximum absolute atomic E-state index is 13.6. The first kappa shape index (κ1) is 21.6. The molecule has 0 bridgehead atoms. The minimum atomic E-state index is -1.13. The SMILES string of the molecule is Cc1ncccc1Nc1c(C(=O)N2CCC(c3ccccc3)CC2)cnc2c(C(=O)O)cnn12. The van der Waals surface area contributed by atoms with Crippen LogP contribution in [0.4, 0.5) is 11.5 Å². The van der Waals surface area contributed by atoms with E-state index >= 15 is 0 Å². The maximum Gasteiger partial charge on any atom is 0.341 e. The Bertz CT molecular complexity index is 1360. The Labute approximate surface area is 196 Å². The highest BCUT2D eigenvalue weighted by atomic mass is 16.4. The molecule has 3 aromatic heterocycles. The normalized spacial score (nSPS) is 14.3. The van der Waals surface area contributed by atoms with Crippen LogP contribution in [0.25, 0.3) is 5.65 Å². The second kappa shape index (κ2) is 8.93. The van der Waals surface area contributed by atoms with E-state index in [4.69, 9.17) is 0 Å². The average Bonchev–Trinajstić information content (AvgIpc) is 3.31. The molecule has 2 N–H and O–H groups in total. The van der Waals surface area contributed by atoms with E-state index in [0.29, 0.717) is 36.1 Å². The highest BCUT2D eigenvalue weighted by Gasteiger charge is 2.28. The predicted octanol–water partition coefficient (Wildman–Crippen LogP) is 3.89. The first-order chi connectivity index (χ1) is 16.5. The number of piperidine rings is 1. The molecular weight excluding hydrogens is 432 g/mol. The summed E-state index contributed by atoms with van der Waals surface area (Å²) in [6.07, 6.45) is 6.11. The van der Waals surface area contributed by atoms with E-state index < -0.39 is 5.97 Å². The number of hydrogen-bond donors (Lipinski definition) is 2. The van der Waals surface area contributed by atoms with Gasteiger partial charge in [0.1, 0.15) is 16.9 Å². The van der Waals surface area contributed by atoms with Crippen LogP contribution >= 0.6 is 0 Å². The molecule has 4 heterocycles. The van der Waals surface area contributed by atoms with Crippen molar-refractivity contribution in [3.8, 4) is 0 Å². The maximum atomic E-state index is 13.6. The number of carboxylic acids is 1. The van der Waals surface area contributed by atoms with Gasteiger partial charge in [-0.25, -0.2) is 9.78 Å². The summed E-state index contributed by atoms with van der Waals surface area (Å²) >= 11 is 0. The van der Waals surface area contributed by atoms with E-state index in [2.05, 4.69) is 32.5 Å². The van der Waals surface area contributed by atoms with Crippen LogP contribution in [0, 0.1) is 6.92 Å². The van der Waals surface area contributed by atoms with Crippen LogP contribution in [-0.4, -0.2) is 54.6 Å². The van der Waals surface area contributed by atoms with Gasteiger partial charge in [0.2, 0.25) is 0 Å². The minimum Gasteiger partial charge on any atom is -0.477 e. The summed E-state index contributed by atoms with van der Waals surface area (Å²) < 4.78 is 1.37. The van der Waals surface area contributed by atoms with Crippen molar-refractivity contribution >= 4 is 29.0 Å². The van der Waals surface area contributed by atoms with Crippen LogP contribution in [0.2, 0.25) is 0 Å². The monoisotopic (exact) mass is 456 g/mol. The molecule has 0 saturated carbocycles. The molecule has 9 nitrogen and oxygen atoms in total. The molecule has 4 aromatic rings. The number of likely N-dealkylation sites (tertiary alicyclic amines) is 1. The first-order valence-electron chi connectivity index (χ1n) is 11.2. The third-order valence-corrected chi connectivity index (χ3v) is 6.30. The molecule has 1 aliphatic rings. The van der Waals surface area contributed by atoms with E-state index in [-0.39, 0.29) is 17.1 Å². The number of fused-ring (bicyclic) bond motifs is 1. The number of carbonyl (C=O) groups is 2. The van der Waals surface area contributed by atoms with E-state index in [1.165, 1.54) is 22.5 Å². The van der Waals surface area contributed by atoms with Gasteiger partial charge < -0.3 is 15.3 Å². The molecule has 172 valence electrons. The van der Waals surface area contributed by atoms with Crippen LogP contribution in [0.1, 0.15) is 50.7 Å². The number of rotatable bonds is 5. The van der Waals surface area contributed by atoms with Crippen molar-refractivity contribution in [2.45, 2.75) is 25.7 Å². The molecule has 0 unspecified atom stereocenters. The van der Waals surface area contributed by atoms with Gasteiger partial charge in [-0.2, -0.15) is 9.61 Å². The van der Waals surface area contributed by atoms with E-state index in [0.717, 1.165) is 18.5 Å². The van der Waals surface area contributed by atoms with Gasteiger partial charge in [-0.15, -0.1) is 0 Å². The number of carboxylic acid groups (broad SMARTS) is 1. The van der Waals surface area contributed by atoms with Crippen LogP contribution in [0.15, 0.2) is 61.1 Å². The largest absolute Gasteiger partial charge is 0.477 e. The fourth-order valence-corrected chi connectivity index (χ4v) is 4.41. The molecule has 5 rings (SSSR count). The number of amides is 1. The molecule has 1 saturated heterocycles. The summed E-state index contributed by atoms with van der Waals surface area (Å²) in [5.74, 6) is -0.514. The Morgan fingerprint density at radius 3 is 2.47 bits per heavy atom. The zero-order valence-corrected chi connectivity index (χ0v) is 18.7. The van der Waals surface area contributed by atoms with Crippen molar-refractivity contribution in [3.63, 3.8) is 0 Å². The molecule has 0 radical (unpaired) electrons. The number of benzene rings is 1. The summed E-state index contributed by atoms with van der Waals surface area (Å²) in [6.45, 7) is 3.10. The van der Waals surface area contributed by atoms with E-state index in [9.17, 15) is 14.7 Å². The highest BCUT2D eigenvalue weighted by Crippen LogP contribution is 2.30. The van der Waals surface area contributed by atoms with Crippen LogP contribution in [0.5, 0.6) is 0 Å². The third kappa shape index (κ3) is 3.96. The van der Waals surface area contributed by atoms with Crippen molar-refractivity contribution < 1.29 is 14.7 Å². The third-order valence-electron chi connectivity index (χ3n) is 6.30. The lowest BCUT2D eigenvalue weighted by Gasteiger charge is -2.32. The Morgan fingerprint density at radius 1 is 1.00 bits per heavy atom. The average molecular weight is 457 g/mol. The second-order valence-electron chi connectivity index (χ2n) is 8.36. The van der Waals surface area contributed by atoms with Gasteiger partial charge >= 0.3 is 5.97 Å². The number of pyridine rings is 1. The Hall–Kier alpha value is -4.27. The zero-order valence-electron chi connectivity index (χ0n) is 18.7. The van der Waals surface area contributed by atoms with Crippen molar-refractivity contribution in [1.29, 1.82) is 0 Å². The molecule has 1 aromatic carbocycles. The van der Waals surface area contributed by atoms with Gasteiger partial charge in [0.05, 0.1) is 17.6 Å². The number of hydrogen-bond acceptors (Lipinski definition) is 6. The standard InChI is InChI=1S/C25H24N6O3/c1-16-21(8-5-11-26-16)29-23-19(14-27-22-20(25(33)34)15-28-31(22)23)24(32)30-12-9-18(10-13-30)17-6-3-2-4-7-17/h2-8,11,14-15,18,29H,9-10,12-13H2,1H3,(H,33,34). The summed E-state index contributed by atoms with van der Waals surface area (Å²) in [4.78, 5) is 35.6. The molecule has 34 heavy (non-hydrogen) atoms. The lowest BCUT2D eigenvalue weighted by atomic mass is 9.89.